The van der Waals surface area contributed by atoms with Crippen LogP contribution >= 0.6 is 0 Å². The van der Waals surface area contributed by atoms with Gasteiger partial charge in [0.15, 0.2) is 5.82 Å². The lowest BCUT2D eigenvalue weighted by molar-refractivity contribution is -0.119. The Hall–Kier alpha value is -3.47. The number of benzene rings is 2. The van der Waals surface area contributed by atoms with E-state index >= 15 is 0 Å². The summed E-state index contributed by atoms with van der Waals surface area (Å²) in [5.41, 5.74) is 5.38. The highest BCUT2D eigenvalue weighted by Gasteiger charge is 2.22. The molecule has 0 saturated heterocycles. The molecule has 0 bridgehead atoms. The average Bonchev–Trinajstić information content (AvgIpc) is 2.77. The first-order chi connectivity index (χ1) is 14.5. The lowest BCUT2D eigenvalue weighted by atomic mass is 9.91. The van der Waals surface area contributed by atoms with E-state index in [2.05, 4.69) is 5.32 Å². The van der Waals surface area contributed by atoms with Crippen molar-refractivity contribution in [3.63, 3.8) is 0 Å². The molecule has 0 saturated carbocycles. The van der Waals surface area contributed by atoms with Gasteiger partial charge in [0, 0.05) is 11.5 Å². The smallest absolute Gasteiger partial charge is 0.228 e. The van der Waals surface area contributed by atoms with Gasteiger partial charge in [-0.25, -0.2) is 9.97 Å². The Morgan fingerprint density at radius 3 is 2.70 bits per heavy atom. The molecule has 1 unspecified atom stereocenters. The maximum atomic E-state index is 12.5. The highest BCUT2D eigenvalue weighted by molar-refractivity contribution is 5.93. The fraction of sp³-hybridized carbons (Fsp3) is 0.240. The van der Waals surface area contributed by atoms with E-state index in [-0.39, 0.29) is 17.6 Å². The number of carbonyl (C=O) groups excluding carboxylic acids is 1. The minimum atomic E-state index is -0.0995. The third-order valence-corrected chi connectivity index (χ3v) is 5.50. The van der Waals surface area contributed by atoms with Crippen LogP contribution in [0.15, 0.2) is 48.5 Å². The van der Waals surface area contributed by atoms with Crippen LogP contribution in [0.5, 0.6) is 5.75 Å². The van der Waals surface area contributed by atoms with Crippen molar-refractivity contribution in [1.82, 2.24) is 9.97 Å². The minimum absolute atomic E-state index is 0.0535. The fourth-order valence-corrected chi connectivity index (χ4v) is 3.52. The first kappa shape index (κ1) is 19.8. The molecule has 1 aromatic heterocycles. The van der Waals surface area contributed by atoms with Gasteiger partial charge in [-0.15, -0.1) is 0 Å². The van der Waals surface area contributed by atoms with Crippen molar-refractivity contribution in [2.45, 2.75) is 33.1 Å². The zero-order chi connectivity index (χ0) is 21.1. The van der Waals surface area contributed by atoms with Crippen LogP contribution in [0.2, 0.25) is 0 Å². The van der Waals surface area contributed by atoms with Crippen LogP contribution in [-0.2, 0) is 17.6 Å². The van der Waals surface area contributed by atoms with Gasteiger partial charge in [0.05, 0.1) is 11.4 Å². The number of aromatic hydroxyl groups is 1. The summed E-state index contributed by atoms with van der Waals surface area (Å²) in [5.74, 6) is 0.597. The van der Waals surface area contributed by atoms with Gasteiger partial charge in [0.1, 0.15) is 11.4 Å². The van der Waals surface area contributed by atoms with Crippen molar-refractivity contribution < 1.29 is 9.90 Å². The molecular weight excluding hydrogens is 374 g/mol. The molecule has 1 aliphatic rings. The Morgan fingerprint density at radius 2 is 1.93 bits per heavy atom. The molecule has 1 aliphatic carbocycles. The molecule has 152 valence electrons. The van der Waals surface area contributed by atoms with Crippen LogP contribution in [0.4, 0.5) is 5.82 Å². The summed E-state index contributed by atoms with van der Waals surface area (Å²) in [4.78, 5) is 22.2. The summed E-state index contributed by atoms with van der Waals surface area (Å²) in [6.45, 7) is 3.90. The van der Waals surface area contributed by atoms with Gasteiger partial charge in [0.2, 0.25) is 5.91 Å². The van der Waals surface area contributed by atoms with E-state index in [4.69, 9.17) is 9.97 Å². The van der Waals surface area contributed by atoms with Gasteiger partial charge < -0.3 is 10.4 Å². The monoisotopic (exact) mass is 399 g/mol. The van der Waals surface area contributed by atoms with Gasteiger partial charge >= 0.3 is 0 Å². The molecule has 1 amide bonds. The molecule has 4 rings (SSSR count). The molecule has 1 heterocycles. The summed E-state index contributed by atoms with van der Waals surface area (Å²) in [5, 5.41) is 12.8. The van der Waals surface area contributed by atoms with Crippen LogP contribution in [0.25, 0.3) is 23.4 Å². The topological polar surface area (TPSA) is 75.1 Å². The Kier molecular flexibility index (Phi) is 5.61. The van der Waals surface area contributed by atoms with Crippen molar-refractivity contribution in [3.8, 4) is 17.0 Å². The SMILES string of the molecule is CCC(C)C(=O)Nc1nc2c(nc1C=Cc1ccccc1)-c1ccc(O)cc1CC2. The molecule has 1 atom stereocenters. The first-order valence-corrected chi connectivity index (χ1v) is 10.3. The number of hydrogen-bond donors (Lipinski definition) is 2. The minimum Gasteiger partial charge on any atom is -0.508 e. The maximum Gasteiger partial charge on any atom is 0.228 e. The van der Waals surface area contributed by atoms with Crippen LogP contribution < -0.4 is 5.32 Å². The van der Waals surface area contributed by atoms with Crippen molar-refractivity contribution >= 4 is 23.9 Å². The normalized spacial score (nSPS) is 13.5. The van der Waals surface area contributed by atoms with E-state index < -0.39 is 0 Å². The number of aromatic nitrogens is 2. The maximum absolute atomic E-state index is 12.5. The lowest BCUT2D eigenvalue weighted by Gasteiger charge is -2.21. The summed E-state index contributed by atoms with van der Waals surface area (Å²) < 4.78 is 0. The second kappa shape index (κ2) is 8.49. The molecule has 30 heavy (non-hydrogen) atoms. The number of aryl methyl sites for hydroxylation is 2. The van der Waals surface area contributed by atoms with Gasteiger partial charge in [-0.05, 0) is 54.7 Å². The predicted octanol–water partition coefficient (Wildman–Crippen LogP) is 5.10. The van der Waals surface area contributed by atoms with Crippen LogP contribution in [0, 0.1) is 5.92 Å². The summed E-state index contributed by atoms with van der Waals surface area (Å²) in [6.07, 6.45) is 6.12. The summed E-state index contributed by atoms with van der Waals surface area (Å²) in [6, 6.07) is 15.3. The third kappa shape index (κ3) is 4.10. The Labute approximate surface area is 176 Å². The number of carbonyl (C=O) groups is 1. The molecule has 0 fully saturated rings. The number of fused-ring (bicyclic) bond motifs is 3. The van der Waals surface area contributed by atoms with E-state index in [1.54, 1.807) is 12.1 Å². The first-order valence-electron chi connectivity index (χ1n) is 10.3. The van der Waals surface area contributed by atoms with E-state index in [1.165, 1.54) is 0 Å². The molecular formula is C25H25N3O2. The van der Waals surface area contributed by atoms with E-state index in [0.717, 1.165) is 40.9 Å². The molecule has 0 radical (unpaired) electrons. The number of nitrogens with one attached hydrogen (secondary N) is 1. The molecule has 2 N–H and O–H groups in total. The van der Waals surface area contributed by atoms with Crippen molar-refractivity contribution in [1.29, 1.82) is 0 Å². The number of nitrogens with zero attached hydrogens (tertiary/aromatic N) is 2. The third-order valence-electron chi connectivity index (χ3n) is 5.50. The van der Waals surface area contributed by atoms with Crippen molar-refractivity contribution in [3.05, 3.63) is 71.0 Å². The average molecular weight is 399 g/mol. The number of hydrogen-bond acceptors (Lipinski definition) is 4. The van der Waals surface area contributed by atoms with E-state index in [0.29, 0.717) is 17.9 Å². The number of anilines is 1. The Morgan fingerprint density at radius 1 is 1.13 bits per heavy atom. The zero-order valence-corrected chi connectivity index (χ0v) is 17.2. The quantitative estimate of drug-likeness (QED) is 0.626. The van der Waals surface area contributed by atoms with Crippen LogP contribution in [0.3, 0.4) is 0 Å². The highest BCUT2D eigenvalue weighted by Crippen LogP contribution is 2.35. The van der Waals surface area contributed by atoms with E-state index in [1.807, 2.05) is 62.4 Å². The molecule has 3 aromatic rings. The second-order valence-corrected chi connectivity index (χ2v) is 7.64. The van der Waals surface area contributed by atoms with Crippen LogP contribution in [0.1, 0.15) is 42.8 Å². The van der Waals surface area contributed by atoms with Gasteiger partial charge in [-0.3, -0.25) is 4.79 Å². The van der Waals surface area contributed by atoms with Crippen LogP contribution in [-0.4, -0.2) is 21.0 Å². The highest BCUT2D eigenvalue weighted by atomic mass is 16.3. The summed E-state index contributed by atoms with van der Waals surface area (Å²) >= 11 is 0. The molecule has 0 aliphatic heterocycles. The molecule has 5 heteroatoms. The molecule has 2 aromatic carbocycles. The Bertz CT molecular complexity index is 1110. The number of phenolic OH excluding ortho intramolecular Hbond substituents is 1. The van der Waals surface area contributed by atoms with Gasteiger partial charge in [-0.1, -0.05) is 50.3 Å². The number of amides is 1. The summed E-state index contributed by atoms with van der Waals surface area (Å²) in [7, 11) is 0. The second-order valence-electron chi connectivity index (χ2n) is 7.64. The standard InChI is InChI=1S/C25H25N3O2/c1-3-16(2)25(30)28-24-22(13-9-17-7-5-4-6-8-17)26-23-20-12-11-19(29)15-18(20)10-14-21(23)27-24/h4-9,11-13,15-16,29H,3,10,14H2,1-2H3,(H,27,28,30). The molecule has 0 spiro atoms. The zero-order valence-electron chi connectivity index (χ0n) is 17.2. The lowest BCUT2D eigenvalue weighted by Crippen LogP contribution is -2.22. The predicted molar refractivity (Wildman–Crippen MR) is 120 cm³/mol. The van der Waals surface area contributed by atoms with E-state index in [9.17, 15) is 9.90 Å². The van der Waals surface area contributed by atoms with Gasteiger partial charge in [-0.2, -0.15) is 0 Å². The fourth-order valence-electron chi connectivity index (χ4n) is 3.52. The van der Waals surface area contributed by atoms with Crippen molar-refractivity contribution in [2.24, 2.45) is 5.92 Å². The number of rotatable bonds is 5. The largest absolute Gasteiger partial charge is 0.508 e. The Balaban J connectivity index is 1.78. The van der Waals surface area contributed by atoms with Gasteiger partial charge in [0.25, 0.3) is 0 Å². The number of phenols is 1. The van der Waals surface area contributed by atoms with Crippen molar-refractivity contribution in [2.75, 3.05) is 5.32 Å². The molecule has 5 nitrogen and oxygen atoms in total.